The van der Waals surface area contributed by atoms with Crippen LogP contribution in [0.5, 0.6) is 0 Å². The number of fused-ring (bicyclic) bond motifs is 2. The van der Waals surface area contributed by atoms with Gasteiger partial charge >= 0.3 is 0 Å². The van der Waals surface area contributed by atoms with Crippen LogP contribution in [0.4, 0.5) is 4.39 Å². The molecule has 3 rings (SSSR count). The first kappa shape index (κ1) is 13.3. The predicted octanol–water partition coefficient (Wildman–Crippen LogP) is 2.34. The molecule has 0 amide bonds. The van der Waals surface area contributed by atoms with Gasteiger partial charge in [-0.05, 0) is 11.1 Å². The highest BCUT2D eigenvalue weighted by Gasteiger charge is 2.51. The van der Waals surface area contributed by atoms with E-state index in [2.05, 4.69) is 10.0 Å². The second kappa shape index (κ2) is 5.76. The third-order valence-corrected chi connectivity index (χ3v) is 3.49. The predicted molar refractivity (Wildman–Crippen MR) is 67.5 cm³/mol. The van der Waals surface area contributed by atoms with Crippen LogP contribution in [-0.4, -0.2) is 37.3 Å². The third kappa shape index (κ3) is 2.48. The monoisotopic (exact) mass is 279 g/mol. The zero-order chi connectivity index (χ0) is 13.9. The molecule has 0 radical (unpaired) electrons. The molecule has 106 valence electrons. The first-order valence-electron chi connectivity index (χ1n) is 6.40. The lowest BCUT2D eigenvalue weighted by Crippen LogP contribution is -2.51. The molecule has 1 aromatic rings. The molecule has 2 fully saturated rings. The number of benzene rings is 1. The quantitative estimate of drug-likeness (QED) is 0.482. The highest BCUT2D eigenvalue weighted by atomic mass is 19.1. The van der Waals surface area contributed by atoms with E-state index in [1.807, 2.05) is 30.3 Å². The van der Waals surface area contributed by atoms with Crippen molar-refractivity contribution in [2.24, 2.45) is 5.11 Å². The molecule has 5 atom stereocenters. The van der Waals surface area contributed by atoms with Crippen molar-refractivity contribution in [2.45, 2.75) is 37.3 Å². The van der Waals surface area contributed by atoms with E-state index in [-0.39, 0.29) is 13.2 Å². The van der Waals surface area contributed by atoms with Crippen LogP contribution in [0.1, 0.15) is 5.56 Å². The van der Waals surface area contributed by atoms with Gasteiger partial charge in [-0.15, -0.1) is 0 Å². The minimum atomic E-state index is -1.43. The summed E-state index contributed by atoms with van der Waals surface area (Å²) < 4.78 is 30.8. The Morgan fingerprint density at radius 3 is 2.95 bits per heavy atom. The zero-order valence-corrected chi connectivity index (χ0v) is 10.6. The van der Waals surface area contributed by atoms with E-state index in [4.69, 9.17) is 19.7 Å². The summed E-state index contributed by atoms with van der Waals surface area (Å²) >= 11 is 0. The Morgan fingerprint density at radius 1 is 1.40 bits per heavy atom. The Labute approximate surface area is 115 Å². The number of hydrogen-bond donors (Lipinski definition) is 0. The lowest BCUT2D eigenvalue weighted by Gasteiger charge is -2.34. The molecule has 2 bridgehead atoms. The number of rotatable bonds is 4. The molecule has 2 heterocycles. The van der Waals surface area contributed by atoms with Gasteiger partial charge in [-0.2, -0.15) is 0 Å². The molecule has 6 nitrogen and oxygen atoms in total. The molecule has 0 saturated carbocycles. The van der Waals surface area contributed by atoms with E-state index in [0.717, 1.165) is 5.56 Å². The average Bonchev–Trinajstić information content (AvgIpc) is 2.90. The lowest BCUT2D eigenvalue weighted by atomic mass is 10.0. The fraction of sp³-hybridized carbons (Fsp3) is 0.538. The van der Waals surface area contributed by atoms with Crippen LogP contribution < -0.4 is 0 Å². The van der Waals surface area contributed by atoms with Gasteiger partial charge in [0, 0.05) is 4.91 Å². The van der Waals surface area contributed by atoms with Crippen LogP contribution in [-0.2, 0) is 20.8 Å². The maximum atomic E-state index is 14.4. The molecule has 2 aliphatic rings. The summed E-state index contributed by atoms with van der Waals surface area (Å²) in [5.74, 6) is 0. The lowest BCUT2D eigenvalue weighted by molar-refractivity contribution is -0.178. The van der Waals surface area contributed by atoms with Gasteiger partial charge in [0.2, 0.25) is 0 Å². The first-order chi connectivity index (χ1) is 9.79. The second-order valence-electron chi connectivity index (χ2n) is 4.78. The fourth-order valence-electron chi connectivity index (χ4n) is 2.49. The Balaban J connectivity index is 1.70. The van der Waals surface area contributed by atoms with Crippen molar-refractivity contribution >= 4 is 0 Å². The topological polar surface area (TPSA) is 76.5 Å². The highest BCUT2D eigenvalue weighted by molar-refractivity contribution is 5.13. The van der Waals surface area contributed by atoms with Crippen molar-refractivity contribution in [3.63, 3.8) is 0 Å². The Kier molecular flexibility index (Phi) is 3.84. The summed E-state index contributed by atoms with van der Waals surface area (Å²) in [4.78, 5) is 2.65. The van der Waals surface area contributed by atoms with Crippen molar-refractivity contribution in [1.29, 1.82) is 0 Å². The molecule has 20 heavy (non-hydrogen) atoms. The normalized spacial score (nSPS) is 35.5. The maximum Gasteiger partial charge on any atom is 0.169 e. The number of alkyl halides is 1. The maximum absolute atomic E-state index is 14.4. The summed E-state index contributed by atoms with van der Waals surface area (Å²) in [5.41, 5.74) is 9.44. The number of hydrogen-bond acceptors (Lipinski definition) is 4. The van der Waals surface area contributed by atoms with Crippen LogP contribution in [0.15, 0.2) is 35.4 Å². The van der Waals surface area contributed by atoms with E-state index in [1.54, 1.807) is 0 Å². The first-order valence-corrected chi connectivity index (χ1v) is 6.40. The summed E-state index contributed by atoms with van der Waals surface area (Å²) in [7, 11) is 0. The van der Waals surface area contributed by atoms with Gasteiger partial charge in [-0.1, -0.05) is 35.4 Å². The summed E-state index contributed by atoms with van der Waals surface area (Å²) in [6.07, 6.45) is -3.48. The molecule has 0 aromatic heterocycles. The van der Waals surface area contributed by atoms with Crippen molar-refractivity contribution in [2.75, 3.05) is 6.61 Å². The van der Waals surface area contributed by atoms with Gasteiger partial charge in [0.15, 0.2) is 6.29 Å². The smallest absolute Gasteiger partial charge is 0.169 e. The van der Waals surface area contributed by atoms with Gasteiger partial charge in [0.05, 0.1) is 13.2 Å². The second-order valence-corrected chi connectivity index (χ2v) is 4.78. The minimum absolute atomic E-state index is 0.252. The molecule has 0 aliphatic carbocycles. The minimum Gasteiger partial charge on any atom is -0.368 e. The van der Waals surface area contributed by atoms with Crippen molar-refractivity contribution in [3.8, 4) is 0 Å². The number of nitrogens with zero attached hydrogens (tertiary/aromatic N) is 3. The largest absolute Gasteiger partial charge is 0.368 e. The highest BCUT2D eigenvalue weighted by Crippen LogP contribution is 2.34. The fourth-order valence-corrected chi connectivity index (χ4v) is 2.49. The zero-order valence-electron chi connectivity index (χ0n) is 10.6. The van der Waals surface area contributed by atoms with E-state index in [9.17, 15) is 4.39 Å². The molecule has 0 spiro atoms. The molecule has 1 aromatic carbocycles. The standard InChI is InChI=1S/C13H14FN3O3/c14-10-11(16-17-15)13-19-7-9(20-13)12(10)18-6-8-4-2-1-3-5-8/h1-5,9-13H,6-7H2/t9?,10?,11?,12-,13+/m0/s1. The van der Waals surface area contributed by atoms with E-state index in [1.165, 1.54) is 0 Å². The summed E-state index contributed by atoms with van der Waals surface area (Å²) in [6.45, 7) is 0.529. The number of azide groups is 1. The summed E-state index contributed by atoms with van der Waals surface area (Å²) in [6, 6.07) is 8.48. The number of halogens is 1. The van der Waals surface area contributed by atoms with Gasteiger partial charge in [-0.25, -0.2) is 4.39 Å². The van der Waals surface area contributed by atoms with Crippen molar-refractivity contribution < 1.29 is 18.6 Å². The van der Waals surface area contributed by atoms with Crippen LogP contribution in [0, 0.1) is 0 Å². The van der Waals surface area contributed by atoms with E-state index < -0.39 is 30.7 Å². The van der Waals surface area contributed by atoms with Gasteiger partial charge < -0.3 is 14.2 Å². The van der Waals surface area contributed by atoms with Gasteiger partial charge in [0.1, 0.15) is 24.4 Å². The van der Waals surface area contributed by atoms with Gasteiger partial charge in [0.25, 0.3) is 0 Å². The molecule has 3 unspecified atom stereocenters. The van der Waals surface area contributed by atoms with Crippen molar-refractivity contribution in [3.05, 3.63) is 46.3 Å². The molecular formula is C13H14FN3O3. The van der Waals surface area contributed by atoms with Crippen LogP contribution in [0.3, 0.4) is 0 Å². The van der Waals surface area contributed by atoms with E-state index in [0.29, 0.717) is 0 Å². The average molecular weight is 279 g/mol. The number of ether oxygens (including phenoxy) is 3. The molecule has 2 aliphatic heterocycles. The van der Waals surface area contributed by atoms with Crippen LogP contribution in [0.25, 0.3) is 10.4 Å². The Morgan fingerprint density at radius 2 is 2.20 bits per heavy atom. The Bertz CT molecular complexity index is 509. The molecule has 0 N–H and O–H groups in total. The molecular weight excluding hydrogens is 265 g/mol. The molecule has 7 heteroatoms. The van der Waals surface area contributed by atoms with Crippen LogP contribution >= 0.6 is 0 Å². The molecule has 2 saturated heterocycles. The van der Waals surface area contributed by atoms with Crippen LogP contribution in [0.2, 0.25) is 0 Å². The SMILES string of the molecule is [N-]=[N+]=NC1C(F)[C@@H](OCc2ccccc2)C2CO[C@@H]1O2. The van der Waals surface area contributed by atoms with Gasteiger partial charge in [-0.3, -0.25) is 0 Å². The van der Waals surface area contributed by atoms with Crippen molar-refractivity contribution in [1.82, 2.24) is 0 Å². The Hall–Kier alpha value is -1.66. The third-order valence-electron chi connectivity index (χ3n) is 3.49. The van der Waals surface area contributed by atoms with E-state index >= 15 is 0 Å². The summed E-state index contributed by atoms with van der Waals surface area (Å²) in [5, 5.41) is 3.42.